The van der Waals surface area contributed by atoms with E-state index in [1.54, 1.807) is 53.5 Å². The van der Waals surface area contributed by atoms with Crippen LogP contribution in [-0.4, -0.2) is 48.9 Å². The molecule has 0 aliphatic heterocycles. The van der Waals surface area contributed by atoms with Crippen molar-refractivity contribution >= 4 is 40.9 Å². The number of esters is 1. The zero-order chi connectivity index (χ0) is 21.8. The van der Waals surface area contributed by atoms with Crippen molar-refractivity contribution in [1.29, 1.82) is 0 Å². The van der Waals surface area contributed by atoms with Gasteiger partial charge < -0.3 is 15.4 Å². The van der Waals surface area contributed by atoms with E-state index in [0.717, 1.165) is 10.4 Å². The second-order valence-electron chi connectivity index (χ2n) is 6.41. The lowest BCUT2D eigenvalue weighted by Gasteiger charge is -2.19. The van der Waals surface area contributed by atoms with Gasteiger partial charge in [-0.2, -0.15) is 0 Å². The fourth-order valence-corrected chi connectivity index (χ4v) is 3.22. The first-order chi connectivity index (χ1) is 14.5. The van der Waals surface area contributed by atoms with E-state index < -0.39 is 5.97 Å². The molecule has 0 fully saturated rings. The zero-order valence-corrected chi connectivity index (χ0v) is 18.0. The topological polar surface area (TPSA) is 87.7 Å². The van der Waals surface area contributed by atoms with Crippen molar-refractivity contribution in [3.8, 4) is 0 Å². The smallest absolute Gasteiger partial charge is 0.330 e. The van der Waals surface area contributed by atoms with E-state index in [0.29, 0.717) is 25.4 Å². The Bertz CT molecular complexity index is 848. The zero-order valence-electron chi connectivity index (χ0n) is 17.2. The van der Waals surface area contributed by atoms with E-state index in [9.17, 15) is 14.4 Å². The highest BCUT2D eigenvalue weighted by molar-refractivity contribution is 7.09. The maximum absolute atomic E-state index is 12.3. The lowest BCUT2D eigenvalue weighted by atomic mass is 10.2. The van der Waals surface area contributed by atoms with Crippen LogP contribution < -0.4 is 10.6 Å². The first kappa shape index (κ1) is 23.3. The molecule has 0 radical (unpaired) electrons. The fraction of sp³-hybridized carbons (Fsp3) is 0.318. The molecule has 160 valence electrons. The third kappa shape index (κ3) is 8.59. The molecular weight excluding hydrogens is 402 g/mol. The van der Waals surface area contributed by atoms with E-state index in [1.165, 1.54) is 6.08 Å². The third-order valence-electron chi connectivity index (χ3n) is 4.11. The molecule has 2 rings (SSSR count). The Morgan fingerprint density at radius 2 is 1.80 bits per heavy atom. The molecule has 0 bridgehead atoms. The Labute approximate surface area is 180 Å². The molecule has 2 N–H and O–H groups in total. The van der Waals surface area contributed by atoms with E-state index >= 15 is 0 Å². The Hall–Kier alpha value is -2.97. The molecule has 0 spiro atoms. The molecule has 8 heteroatoms. The van der Waals surface area contributed by atoms with E-state index in [2.05, 4.69) is 10.6 Å². The number of thiophene rings is 1. The van der Waals surface area contributed by atoms with Crippen LogP contribution in [0.15, 0.2) is 47.9 Å². The molecule has 30 heavy (non-hydrogen) atoms. The highest BCUT2D eigenvalue weighted by atomic mass is 32.1. The number of hydrogen-bond donors (Lipinski definition) is 2. The summed E-state index contributed by atoms with van der Waals surface area (Å²) < 4.78 is 4.83. The largest absolute Gasteiger partial charge is 0.463 e. The Kier molecular flexibility index (Phi) is 9.76. The first-order valence-corrected chi connectivity index (χ1v) is 10.6. The molecule has 0 aliphatic rings. The number of benzene rings is 1. The van der Waals surface area contributed by atoms with Gasteiger partial charge in [0.2, 0.25) is 11.8 Å². The van der Waals surface area contributed by atoms with Gasteiger partial charge in [0.25, 0.3) is 0 Å². The molecular formula is C22H27N3O4S. The van der Waals surface area contributed by atoms with E-state index in [-0.39, 0.29) is 24.9 Å². The normalized spacial score (nSPS) is 10.9. The fourth-order valence-electron chi connectivity index (χ4n) is 2.57. The SMILES string of the molecule is CCOC(=O)/C=C/c1ccc(NC(=O)CN(CC)CC(=O)NCc2cccs2)cc1. The first-order valence-electron chi connectivity index (χ1n) is 9.76. The van der Waals surface area contributed by atoms with Gasteiger partial charge in [-0.25, -0.2) is 4.79 Å². The standard InChI is InChI=1S/C22H27N3O4S/c1-3-25(15-20(26)23-14-19-6-5-13-30-19)16-21(27)24-18-10-7-17(8-11-18)9-12-22(28)29-4-2/h5-13H,3-4,14-16H2,1-2H3,(H,23,26)(H,24,27)/b12-9+. The molecule has 2 aromatic rings. The molecule has 0 saturated heterocycles. The van der Waals surface area contributed by atoms with Crippen LogP contribution in [0.1, 0.15) is 24.3 Å². The van der Waals surface area contributed by atoms with Crippen LogP contribution in [0, 0.1) is 0 Å². The average Bonchev–Trinajstić information content (AvgIpc) is 3.25. The quantitative estimate of drug-likeness (QED) is 0.424. The van der Waals surface area contributed by atoms with Crippen LogP contribution in [0.5, 0.6) is 0 Å². The summed E-state index contributed by atoms with van der Waals surface area (Å²) in [5.74, 6) is -0.706. The van der Waals surface area contributed by atoms with Gasteiger partial charge in [0.05, 0.1) is 26.2 Å². The van der Waals surface area contributed by atoms with Gasteiger partial charge in [0.1, 0.15) is 0 Å². The lowest BCUT2D eigenvalue weighted by molar-refractivity contribution is -0.137. The Morgan fingerprint density at radius 1 is 1.07 bits per heavy atom. The van der Waals surface area contributed by atoms with Gasteiger partial charge in [-0.1, -0.05) is 25.1 Å². The van der Waals surface area contributed by atoms with Crippen molar-refractivity contribution in [3.05, 3.63) is 58.3 Å². The van der Waals surface area contributed by atoms with Crippen LogP contribution in [0.2, 0.25) is 0 Å². The monoisotopic (exact) mass is 429 g/mol. The van der Waals surface area contributed by atoms with Crippen molar-refractivity contribution < 1.29 is 19.1 Å². The molecule has 0 aliphatic carbocycles. The van der Waals surface area contributed by atoms with Crippen LogP contribution in [0.4, 0.5) is 5.69 Å². The van der Waals surface area contributed by atoms with Gasteiger partial charge in [-0.05, 0) is 48.7 Å². The molecule has 1 heterocycles. The number of likely N-dealkylation sites (N-methyl/N-ethyl adjacent to an activating group) is 1. The number of nitrogens with zero attached hydrogens (tertiary/aromatic N) is 1. The summed E-state index contributed by atoms with van der Waals surface area (Å²) in [5.41, 5.74) is 1.46. The highest BCUT2D eigenvalue weighted by Gasteiger charge is 2.13. The summed E-state index contributed by atoms with van der Waals surface area (Å²) in [5, 5.41) is 7.65. The summed E-state index contributed by atoms with van der Waals surface area (Å²) in [6.07, 6.45) is 3.01. The highest BCUT2D eigenvalue weighted by Crippen LogP contribution is 2.11. The second-order valence-corrected chi connectivity index (χ2v) is 7.45. The van der Waals surface area contributed by atoms with Crippen LogP contribution in [0.3, 0.4) is 0 Å². The van der Waals surface area contributed by atoms with Crippen LogP contribution in [-0.2, 0) is 25.7 Å². The maximum Gasteiger partial charge on any atom is 0.330 e. The molecule has 2 amide bonds. The second kappa shape index (κ2) is 12.6. The van der Waals surface area contributed by atoms with Gasteiger partial charge >= 0.3 is 5.97 Å². The minimum absolute atomic E-state index is 0.115. The average molecular weight is 430 g/mol. The minimum atomic E-state index is -0.394. The van der Waals surface area contributed by atoms with Gasteiger partial charge in [-0.3, -0.25) is 14.5 Å². The van der Waals surface area contributed by atoms with E-state index in [4.69, 9.17) is 4.74 Å². The third-order valence-corrected chi connectivity index (χ3v) is 4.99. The predicted molar refractivity (Wildman–Crippen MR) is 119 cm³/mol. The van der Waals surface area contributed by atoms with Crippen LogP contribution in [0.25, 0.3) is 6.08 Å². The predicted octanol–water partition coefficient (Wildman–Crippen LogP) is 2.90. The summed E-state index contributed by atoms with van der Waals surface area (Å²) in [6.45, 7) is 5.35. The summed E-state index contributed by atoms with van der Waals surface area (Å²) >= 11 is 1.59. The minimum Gasteiger partial charge on any atom is -0.463 e. The summed E-state index contributed by atoms with van der Waals surface area (Å²) in [7, 11) is 0. The molecule has 0 saturated carbocycles. The van der Waals surface area contributed by atoms with Crippen molar-refractivity contribution in [1.82, 2.24) is 10.2 Å². The summed E-state index contributed by atoms with van der Waals surface area (Å²) in [4.78, 5) is 38.6. The molecule has 7 nitrogen and oxygen atoms in total. The molecule has 1 aromatic carbocycles. The van der Waals surface area contributed by atoms with Crippen molar-refractivity contribution in [3.63, 3.8) is 0 Å². The molecule has 0 unspecified atom stereocenters. The number of rotatable bonds is 11. The van der Waals surface area contributed by atoms with Crippen molar-refractivity contribution in [2.24, 2.45) is 0 Å². The maximum atomic E-state index is 12.3. The number of nitrogens with one attached hydrogen (secondary N) is 2. The number of ether oxygens (including phenoxy) is 1. The van der Waals surface area contributed by atoms with Gasteiger partial charge in [0, 0.05) is 16.6 Å². The Balaban J connectivity index is 1.78. The number of anilines is 1. The van der Waals surface area contributed by atoms with E-state index in [1.807, 2.05) is 24.4 Å². The molecule has 0 atom stereocenters. The molecule has 1 aromatic heterocycles. The van der Waals surface area contributed by atoms with Gasteiger partial charge in [-0.15, -0.1) is 11.3 Å². The lowest BCUT2D eigenvalue weighted by Crippen LogP contribution is -2.40. The Morgan fingerprint density at radius 3 is 2.43 bits per heavy atom. The number of hydrogen-bond acceptors (Lipinski definition) is 6. The van der Waals surface area contributed by atoms with Crippen molar-refractivity contribution in [2.75, 3.05) is 31.6 Å². The van der Waals surface area contributed by atoms with Gasteiger partial charge in [0.15, 0.2) is 0 Å². The van der Waals surface area contributed by atoms with Crippen LogP contribution >= 0.6 is 11.3 Å². The number of carbonyl (C=O) groups is 3. The number of amides is 2. The number of carbonyl (C=O) groups excluding carboxylic acids is 3. The summed E-state index contributed by atoms with van der Waals surface area (Å²) in [6, 6.07) is 11.0. The van der Waals surface area contributed by atoms with Crippen molar-refractivity contribution in [2.45, 2.75) is 20.4 Å².